The number of sulfonamides is 1. The Kier molecular flexibility index (Phi) is 5.38. The molecule has 0 saturated carbocycles. The van der Waals surface area contributed by atoms with Gasteiger partial charge in [-0.1, -0.05) is 17.7 Å². The topological polar surface area (TPSA) is 88.2 Å². The number of benzene rings is 2. The summed E-state index contributed by atoms with van der Waals surface area (Å²) in [4.78, 5) is 18.5. The number of thiazole rings is 1. The van der Waals surface area contributed by atoms with Crippen molar-refractivity contribution in [3.8, 4) is 0 Å². The fraction of sp³-hybridized carbons (Fsp3) is 0.238. The van der Waals surface area contributed by atoms with Crippen LogP contribution in [0.1, 0.15) is 39.3 Å². The third kappa shape index (κ3) is 4.49. The van der Waals surface area contributed by atoms with E-state index in [4.69, 9.17) is 0 Å². The van der Waals surface area contributed by atoms with Crippen LogP contribution in [0.15, 0.2) is 53.4 Å². The lowest BCUT2D eigenvalue weighted by Gasteiger charge is -2.09. The van der Waals surface area contributed by atoms with Gasteiger partial charge in [0.05, 0.1) is 10.6 Å². The Morgan fingerprint density at radius 2 is 1.69 bits per heavy atom. The van der Waals surface area contributed by atoms with E-state index in [-0.39, 0.29) is 10.8 Å². The first-order chi connectivity index (χ1) is 13.9. The summed E-state index contributed by atoms with van der Waals surface area (Å²) < 4.78 is 27.5. The zero-order valence-corrected chi connectivity index (χ0v) is 17.6. The molecule has 0 spiro atoms. The highest BCUT2D eigenvalue weighted by Crippen LogP contribution is 2.29. The molecule has 1 aromatic heterocycles. The molecule has 0 atom stereocenters. The molecule has 3 aromatic rings. The fourth-order valence-electron chi connectivity index (χ4n) is 3.20. The first-order valence-electron chi connectivity index (χ1n) is 9.40. The second kappa shape index (κ2) is 7.96. The van der Waals surface area contributed by atoms with Gasteiger partial charge in [0.25, 0.3) is 15.9 Å². The van der Waals surface area contributed by atoms with Gasteiger partial charge in [-0.3, -0.25) is 14.8 Å². The van der Waals surface area contributed by atoms with Gasteiger partial charge >= 0.3 is 0 Å². The highest BCUT2D eigenvalue weighted by atomic mass is 32.2. The average molecular weight is 428 g/mol. The van der Waals surface area contributed by atoms with Crippen LogP contribution in [0, 0.1) is 6.92 Å². The molecule has 6 nitrogen and oxygen atoms in total. The van der Waals surface area contributed by atoms with Gasteiger partial charge in [-0.25, -0.2) is 13.4 Å². The number of aromatic nitrogens is 1. The molecule has 0 unspecified atom stereocenters. The van der Waals surface area contributed by atoms with E-state index >= 15 is 0 Å². The van der Waals surface area contributed by atoms with Crippen LogP contribution in [0.4, 0.5) is 10.8 Å². The number of amides is 1. The molecule has 0 bridgehead atoms. The van der Waals surface area contributed by atoms with Crippen molar-refractivity contribution in [3.05, 3.63) is 70.2 Å². The van der Waals surface area contributed by atoms with Crippen molar-refractivity contribution in [2.45, 2.75) is 37.5 Å². The van der Waals surface area contributed by atoms with Gasteiger partial charge in [0.15, 0.2) is 5.13 Å². The van der Waals surface area contributed by atoms with Crippen LogP contribution >= 0.6 is 11.3 Å². The average Bonchev–Trinajstić information content (AvgIpc) is 3.11. The maximum absolute atomic E-state index is 12.5. The molecule has 1 aliphatic carbocycles. The van der Waals surface area contributed by atoms with Crippen LogP contribution in [0.25, 0.3) is 0 Å². The van der Waals surface area contributed by atoms with E-state index in [0.29, 0.717) is 16.4 Å². The third-order valence-corrected chi connectivity index (χ3v) is 7.27. The molecular weight excluding hydrogens is 406 g/mol. The molecule has 29 heavy (non-hydrogen) atoms. The van der Waals surface area contributed by atoms with Crippen molar-refractivity contribution in [3.63, 3.8) is 0 Å². The Hall–Kier alpha value is -2.71. The molecule has 0 aliphatic heterocycles. The zero-order valence-electron chi connectivity index (χ0n) is 15.9. The number of anilines is 2. The Labute approximate surface area is 174 Å². The summed E-state index contributed by atoms with van der Waals surface area (Å²) in [6.45, 7) is 1.90. The maximum atomic E-state index is 12.5. The Morgan fingerprint density at radius 3 is 2.38 bits per heavy atom. The van der Waals surface area contributed by atoms with Crippen LogP contribution in [-0.2, 0) is 22.9 Å². The molecule has 150 valence electrons. The van der Waals surface area contributed by atoms with E-state index in [0.717, 1.165) is 30.5 Å². The maximum Gasteiger partial charge on any atom is 0.261 e. The number of fused-ring (bicyclic) bond motifs is 1. The monoisotopic (exact) mass is 427 g/mol. The third-order valence-electron chi connectivity index (χ3n) is 4.80. The quantitative estimate of drug-likeness (QED) is 0.632. The summed E-state index contributed by atoms with van der Waals surface area (Å²) in [6, 6.07) is 13.0. The second-order valence-electron chi connectivity index (χ2n) is 7.05. The summed E-state index contributed by atoms with van der Waals surface area (Å²) in [5.74, 6) is -0.260. The summed E-state index contributed by atoms with van der Waals surface area (Å²) in [7, 11) is -3.67. The lowest BCUT2D eigenvalue weighted by Crippen LogP contribution is -2.14. The van der Waals surface area contributed by atoms with E-state index in [1.807, 2.05) is 6.92 Å². The van der Waals surface area contributed by atoms with Crippen molar-refractivity contribution in [1.82, 2.24) is 4.98 Å². The normalized spacial score (nSPS) is 13.6. The van der Waals surface area contributed by atoms with E-state index in [1.165, 1.54) is 22.6 Å². The van der Waals surface area contributed by atoms with Crippen LogP contribution in [0.3, 0.4) is 0 Å². The first-order valence-corrected chi connectivity index (χ1v) is 11.7. The SMILES string of the molecule is Cc1ccc(S(=O)(=O)Nc2ccc(C(=O)Nc3nc4c(s3)CCCC4)cc2)cc1. The Balaban J connectivity index is 1.44. The van der Waals surface area contributed by atoms with Crippen molar-refractivity contribution >= 4 is 38.1 Å². The minimum Gasteiger partial charge on any atom is -0.298 e. The standard InChI is InChI=1S/C21H21N3O3S2/c1-14-6-12-17(13-7-14)29(26,27)24-16-10-8-15(9-11-16)20(25)23-21-22-18-4-2-3-5-19(18)28-21/h6-13,24H,2-5H2,1H3,(H,22,23,25). The van der Waals surface area contributed by atoms with Crippen LogP contribution < -0.4 is 10.0 Å². The van der Waals surface area contributed by atoms with Gasteiger partial charge in [0.2, 0.25) is 0 Å². The molecule has 0 radical (unpaired) electrons. The molecular formula is C21H21N3O3S2. The summed E-state index contributed by atoms with van der Waals surface area (Å²) in [5, 5.41) is 3.46. The number of carbonyl (C=O) groups excluding carboxylic acids is 1. The smallest absolute Gasteiger partial charge is 0.261 e. The Morgan fingerprint density at radius 1 is 1.00 bits per heavy atom. The van der Waals surface area contributed by atoms with Crippen molar-refractivity contribution < 1.29 is 13.2 Å². The molecule has 0 saturated heterocycles. The second-order valence-corrected chi connectivity index (χ2v) is 9.81. The number of carbonyl (C=O) groups is 1. The van der Waals surface area contributed by atoms with Crippen LogP contribution in [0.2, 0.25) is 0 Å². The van der Waals surface area contributed by atoms with Crippen molar-refractivity contribution in [2.75, 3.05) is 10.0 Å². The molecule has 1 heterocycles. The number of hydrogen-bond donors (Lipinski definition) is 2. The lowest BCUT2D eigenvalue weighted by atomic mass is 10.0. The summed E-state index contributed by atoms with van der Waals surface area (Å²) in [6.07, 6.45) is 4.31. The number of rotatable bonds is 5. The van der Waals surface area contributed by atoms with Gasteiger partial charge in [-0.05, 0) is 69.0 Å². The predicted octanol–water partition coefficient (Wildman–Crippen LogP) is 4.38. The molecule has 1 aliphatic rings. The number of aryl methyl sites for hydroxylation is 3. The molecule has 8 heteroatoms. The van der Waals surface area contributed by atoms with Crippen LogP contribution in [0.5, 0.6) is 0 Å². The number of nitrogens with zero attached hydrogens (tertiary/aromatic N) is 1. The predicted molar refractivity (Wildman–Crippen MR) is 115 cm³/mol. The molecule has 4 rings (SSSR count). The number of hydrogen-bond acceptors (Lipinski definition) is 5. The van der Waals surface area contributed by atoms with E-state index < -0.39 is 10.0 Å². The van der Waals surface area contributed by atoms with Gasteiger partial charge in [0, 0.05) is 16.1 Å². The largest absolute Gasteiger partial charge is 0.298 e. The van der Waals surface area contributed by atoms with Gasteiger partial charge < -0.3 is 0 Å². The zero-order chi connectivity index (χ0) is 20.4. The molecule has 2 aromatic carbocycles. The van der Waals surface area contributed by atoms with E-state index in [2.05, 4.69) is 15.0 Å². The highest BCUT2D eigenvalue weighted by molar-refractivity contribution is 7.92. The Bertz CT molecular complexity index is 1110. The van der Waals surface area contributed by atoms with E-state index in [9.17, 15) is 13.2 Å². The van der Waals surface area contributed by atoms with E-state index in [1.54, 1.807) is 48.5 Å². The minimum atomic E-state index is -3.67. The molecule has 2 N–H and O–H groups in total. The van der Waals surface area contributed by atoms with Crippen LogP contribution in [-0.4, -0.2) is 19.3 Å². The highest BCUT2D eigenvalue weighted by Gasteiger charge is 2.17. The van der Waals surface area contributed by atoms with Gasteiger partial charge in [-0.2, -0.15) is 0 Å². The lowest BCUT2D eigenvalue weighted by molar-refractivity contribution is 0.102. The summed E-state index contributed by atoms with van der Waals surface area (Å²) >= 11 is 1.53. The fourth-order valence-corrected chi connectivity index (χ4v) is 5.30. The molecule has 0 fully saturated rings. The van der Waals surface area contributed by atoms with Gasteiger partial charge in [-0.15, -0.1) is 11.3 Å². The minimum absolute atomic E-state index is 0.192. The summed E-state index contributed by atoms with van der Waals surface area (Å²) in [5.41, 5.74) is 2.92. The van der Waals surface area contributed by atoms with Crippen molar-refractivity contribution in [1.29, 1.82) is 0 Å². The first kappa shape index (κ1) is 19.6. The number of nitrogens with one attached hydrogen (secondary N) is 2. The van der Waals surface area contributed by atoms with Crippen molar-refractivity contribution in [2.24, 2.45) is 0 Å². The molecule has 1 amide bonds. The van der Waals surface area contributed by atoms with Gasteiger partial charge in [0.1, 0.15) is 0 Å².